The molecule has 1 fully saturated rings. The topological polar surface area (TPSA) is 135 Å². The predicted octanol–water partition coefficient (Wildman–Crippen LogP) is 2.87. The molecule has 1 aliphatic rings. The van der Waals surface area contributed by atoms with Crippen LogP contribution in [-0.2, 0) is 4.79 Å². The molecule has 5 N–H and O–H groups in total. The van der Waals surface area contributed by atoms with Gasteiger partial charge in [0.05, 0.1) is 11.8 Å². The molecule has 160 valence electrons. The lowest BCUT2D eigenvalue weighted by Gasteiger charge is -2.29. The Kier molecular flexibility index (Phi) is 5.94. The number of nitrogens with one attached hydrogen (secondary N) is 3. The van der Waals surface area contributed by atoms with E-state index in [1.54, 1.807) is 30.5 Å². The summed E-state index contributed by atoms with van der Waals surface area (Å²) in [7, 11) is 0. The van der Waals surface area contributed by atoms with Crippen molar-refractivity contribution in [2.24, 2.45) is 5.73 Å². The van der Waals surface area contributed by atoms with Crippen molar-refractivity contribution in [3.63, 3.8) is 0 Å². The van der Waals surface area contributed by atoms with Crippen molar-refractivity contribution in [3.05, 3.63) is 54.9 Å². The Morgan fingerprint density at radius 1 is 1.29 bits per heavy atom. The largest absolute Gasteiger partial charge is 0.437 e. The maximum atomic E-state index is 12.8. The van der Waals surface area contributed by atoms with Crippen LogP contribution >= 0.6 is 0 Å². The fourth-order valence-electron chi connectivity index (χ4n) is 3.63. The second kappa shape index (κ2) is 8.97. The van der Waals surface area contributed by atoms with Gasteiger partial charge < -0.3 is 26.1 Å². The van der Waals surface area contributed by atoms with Gasteiger partial charge >= 0.3 is 0 Å². The third-order valence-electron chi connectivity index (χ3n) is 5.25. The van der Waals surface area contributed by atoms with E-state index >= 15 is 0 Å². The number of hydrogen-bond donors (Lipinski definition) is 4. The maximum Gasteiger partial charge on any atom is 0.255 e. The van der Waals surface area contributed by atoms with Crippen LogP contribution in [0.5, 0.6) is 11.6 Å². The standard InChI is InChI=1S/C22H24N6O3/c1-2-18(29)26-13-6-5-7-14(10-13)31-19-12-25-21-20(28-19)15(11-24-21)22(30)27-17-9-4-3-8-16(17)23/h2,5-7,10-12,16-17H,1,3-4,8-9,23H2,(H,24,25)(H,26,29)(H,27,30)/t16-,17+/m1/s1. The first-order valence-corrected chi connectivity index (χ1v) is 10.2. The minimum absolute atomic E-state index is 0.0401. The molecule has 1 saturated carbocycles. The summed E-state index contributed by atoms with van der Waals surface area (Å²) in [6.07, 6.45) is 8.15. The van der Waals surface area contributed by atoms with Gasteiger partial charge in [0.1, 0.15) is 11.3 Å². The van der Waals surface area contributed by atoms with E-state index in [-0.39, 0.29) is 29.8 Å². The normalized spacial score (nSPS) is 18.4. The summed E-state index contributed by atoms with van der Waals surface area (Å²) >= 11 is 0. The van der Waals surface area contributed by atoms with Gasteiger partial charge in [0.15, 0.2) is 5.65 Å². The molecule has 3 aromatic rings. The number of carbonyl (C=O) groups excluding carboxylic acids is 2. The Morgan fingerprint density at radius 3 is 2.94 bits per heavy atom. The van der Waals surface area contributed by atoms with Gasteiger partial charge in [-0.05, 0) is 31.1 Å². The Morgan fingerprint density at radius 2 is 2.13 bits per heavy atom. The van der Waals surface area contributed by atoms with Crippen molar-refractivity contribution < 1.29 is 14.3 Å². The molecule has 2 atom stereocenters. The number of aromatic amines is 1. The lowest BCUT2D eigenvalue weighted by atomic mass is 9.91. The third-order valence-corrected chi connectivity index (χ3v) is 5.25. The molecule has 0 aliphatic heterocycles. The van der Waals surface area contributed by atoms with E-state index in [0.29, 0.717) is 28.2 Å². The van der Waals surface area contributed by atoms with Gasteiger partial charge in [0, 0.05) is 30.0 Å². The average Bonchev–Trinajstić information content (AvgIpc) is 3.19. The maximum absolute atomic E-state index is 12.8. The minimum Gasteiger partial charge on any atom is -0.437 e. The van der Waals surface area contributed by atoms with Gasteiger partial charge in [-0.3, -0.25) is 9.59 Å². The quantitative estimate of drug-likeness (QED) is 0.453. The number of hydrogen-bond acceptors (Lipinski definition) is 6. The summed E-state index contributed by atoms with van der Waals surface area (Å²) < 4.78 is 5.80. The van der Waals surface area contributed by atoms with Crippen LogP contribution in [0.1, 0.15) is 36.0 Å². The van der Waals surface area contributed by atoms with Crippen LogP contribution in [0, 0.1) is 0 Å². The van der Waals surface area contributed by atoms with Crippen molar-refractivity contribution in [1.82, 2.24) is 20.3 Å². The van der Waals surface area contributed by atoms with E-state index in [9.17, 15) is 9.59 Å². The first-order valence-electron chi connectivity index (χ1n) is 10.2. The van der Waals surface area contributed by atoms with Crippen molar-refractivity contribution >= 4 is 28.7 Å². The molecule has 9 heteroatoms. The van der Waals surface area contributed by atoms with Crippen LogP contribution in [0.3, 0.4) is 0 Å². The van der Waals surface area contributed by atoms with Crippen molar-refractivity contribution in [2.45, 2.75) is 37.8 Å². The molecule has 1 aliphatic carbocycles. The van der Waals surface area contributed by atoms with E-state index in [1.165, 1.54) is 12.3 Å². The zero-order valence-corrected chi connectivity index (χ0v) is 16.9. The number of amides is 2. The Balaban J connectivity index is 1.53. The fraction of sp³-hybridized carbons (Fsp3) is 0.273. The van der Waals surface area contributed by atoms with Crippen molar-refractivity contribution in [3.8, 4) is 11.6 Å². The molecular weight excluding hydrogens is 396 g/mol. The van der Waals surface area contributed by atoms with Crippen LogP contribution in [0.25, 0.3) is 11.2 Å². The summed E-state index contributed by atoms with van der Waals surface area (Å²) in [5.74, 6) is 0.126. The fourth-order valence-corrected chi connectivity index (χ4v) is 3.63. The van der Waals surface area contributed by atoms with Gasteiger partial charge in [-0.1, -0.05) is 25.5 Å². The van der Waals surface area contributed by atoms with E-state index in [1.807, 2.05) is 0 Å². The Hall–Kier alpha value is -3.72. The Bertz CT molecular complexity index is 1130. The monoisotopic (exact) mass is 420 g/mol. The van der Waals surface area contributed by atoms with E-state index in [0.717, 1.165) is 25.7 Å². The van der Waals surface area contributed by atoms with Crippen LogP contribution in [0.2, 0.25) is 0 Å². The van der Waals surface area contributed by atoms with E-state index < -0.39 is 0 Å². The molecule has 0 spiro atoms. The summed E-state index contributed by atoms with van der Waals surface area (Å²) in [5.41, 5.74) is 7.99. The molecule has 2 heterocycles. The molecule has 9 nitrogen and oxygen atoms in total. The van der Waals surface area contributed by atoms with Gasteiger partial charge in [-0.15, -0.1) is 0 Å². The minimum atomic E-state index is -0.320. The lowest BCUT2D eigenvalue weighted by Crippen LogP contribution is -2.49. The average molecular weight is 420 g/mol. The summed E-state index contributed by atoms with van der Waals surface area (Å²) in [6.45, 7) is 3.43. The number of anilines is 1. The highest BCUT2D eigenvalue weighted by Crippen LogP contribution is 2.25. The second-order valence-corrected chi connectivity index (χ2v) is 7.46. The van der Waals surface area contributed by atoms with Crippen molar-refractivity contribution in [2.75, 3.05) is 5.32 Å². The number of rotatable bonds is 6. The number of nitrogens with zero attached hydrogens (tertiary/aromatic N) is 2. The van der Waals surface area contributed by atoms with Crippen LogP contribution < -0.4 is 21.1 Å². The molecule has 0 saturated heterocycles. The van der Waals surface area contributed by atoms with Gasteiger partial charge in [0.25, 0.3) is 5.91 Å². The molecule has 0 bridgehead atoms. The zero-order chi connectivity index (χ0) is 21.8. The molecule has 0 radical (unpaired) electrons. The second-order valence-electron chi connectivity index (χ2n) is 7.46. The van der Waals surface area contributed by atoms with Crippen LogP contribution in [0.15, 0.2) is 49.3 Å². The molecule has 31 heavy (non-hydrogen) atoms. The number of H-pyrrole nitrogens is 1. The highest BCUT2D eigenvalue weighted by atomic mass is 16.5. The number of nitrogens with two attached hydrogens (primary N) is 1. The summed E-state index contributed by atoms with van der Waals surface area (Å²) in [4.78, 5) is 36.0. The van der Waals surface area contributed by atoms with Gasteiger partial charge in [0.2, 0.25) is 11.8 Å². The van der Waals surface area contributed by atoms with E-state index in [2.05, 4.69) is 32.2 Å². The Labute approximate surface area is 179 Å². The zero-order valence-electron chi connectivity index (χ0n) is 16.9. The van der Waals surface area contributed by atoms with Gasteiger partial charge in [-0.25, -0.2) is 9.97 Å². The summed E-state index contributed by atoms with van der Waals surface area (Å²) in [5, 5.41) is 5.69. The molecular formula is C22H24N6O3. The number of aromatic nitrogens is 3. The first-order chi connectivity index (χ1) is 15.0. The van der Waals surface area contributed by atoms with E-state index in [4.69, 9.17) is 10.5 Å². The lowest BCUT2D eigenvalue weighted by molar-refractivity contribution is -0.111. The highest BCUT2D eigenvalue weighted by molar-refractivity contribution is 6.04. The van der Waals surface area contributed by atoms with Crippen molar-refractivity contribution in [1.29, 1.82) is 0 Å². The third kappa shape index (κ3) is 4.72. The highest BCUT2D eigenvalue weighted by Gasteiger charge is 2.25. The molecule has 1 aromatic carbocycles. The molecule has 2 aromatic heterocycles. The van der Waals surface area contributed by atoms with Crippen LogP contribution in [-0.4, -0.2) is 38.8 Å². The molecule has 4 rings (SSSR count). The predicted molar refractivity (Wildman–Crippen MR) is 117 cm³/mol. The number of ether oxygens (including phenoxy) is 1. The first kappa shape index (κ1) is 20.5. The summed E-state index contributed by atoms with van der Waals surface area (Å²) in [6, 6.07) is 6.76. The van der Waals surface area contributed by atoms with Gasteiger partial charge in [-0.2, -0.15) is 0 Å². The SMILES string of the molecule is C=CC(=O)Nc1cccc(Oc2cnc3[nH]cc(C(=O)N[C@H]4CCCC[C@H]4N)c3n2)c1. The smallest absolute Gasteiger partial charge is 0.255 e. The van der Waals surface area contributed by atoms with Crippen LogP contribution in [0.4, 0.5) is 5.69 Å². The number of benzene rings is 1. The number of carbonyl (C=O) groups is 2. The molecule has 2 amide bonds. The number of fused-ring (bicyclic) bond motifs is 1. The molecule has 0 unspecified atom stereocenters.